The van der Waals surface area contributed by atoms with E-state index in [0.717, 1.165) is 12.3 Å². The maximum absolute atomic E-state index is 11.3. The maximum Gasteiger partial charge on any atom is 0.152 e. The van der Waals surface area contributed by atoms with Gasteiger partial charge in [0.15, 0.2) is 9.84 Å². The van der Waals surface area contributed by atoms with Crippen LogP contribution in [-0.2, 0) is 9.84 Å². The van der Waals surface area contributed by atoms with Gasteiger partial charge in [-0.2, -0.15) is 0 Å². The minimum absolute atomic E-state index is 0.193. The lowest BCUT2D eigenvalue weighted by Crippen LogP contribution is -2.17. The fourth-order valence-corrected chi connectivity index (χ4v) is 2.11. The highest BCUT2D eigenvalue weighted by Gasteiger charge is 2.25. The van der Waals surface area contributed by atoms with Crippen LogP contribution < -0.4 is 0 Å². The lowest BCUT2D eigenvalue weighted by molar-refractivity contribution is 0.581. The average Bonchev–Trinajstić information content (AvgIpc) is 2.65. The van der Waals surface area contributed by atoms with E-state index >= 15 is 0 Å². The Labute approximate surface area is 68.9 Å². The molecule has 0 aliphatic heterocycles. The first-order chi connectivity index (χ1) is 5.02. The van der Waals surface area contributed by atoms with Gasteiger partial charge in [0.25, 0.3) is 0 Å². The number of hydrogen-bond acceptors (Lipinski definition) is 2. The highest BCUT2D eigenvalue weighted by Crippen LogP contribution is 2.32. The van der Waals surface area contributed by atoms with Gasteiger partial charge in [-0.1, -0.05) is 12.8 Å². The van der Waals surface area contributed by atoms with E-state index in [-0.39, 0.29) is 5.25 Å². The van der Waals surface area contributed by atoms with Crippen LogP contribution in [0.25, 0.3) is 0 Å². The van der Waals surface area contributed by atoms with Gasteiger partial charge in [0.1, 0.15) is 0 Å². The van der Waals surface area contributed by atoms with Crippen molar-refractivity contribution in [2.75, 3.05) is 5.75 Å². The van der Waals surface area contributed by atoms with Crippen LogP contribution >= 0.6 is 0 Å². The summed E-state index contributed by atoms with van der Waals surface area (Å²) in [6.07, 6.45) is 3.38. The minimum Gasteiger partial charge on any atom is -0.229 e. The Bertz CT molecular complexity index is 212. The normalized spacial score (nSPS) is 19.2. The van der Waals surface area contributed by atoms with Gasteiger partial charge in [0, 0.05) is 0 Å². The zero-order valence-corrected chi connectivity index (χ0v) is 8.02. The standard InChI is InChI=1S/C8H16O2S/c1-7(2)11(9,10)6-5-8-3-4-8/h7-8H,3-6H2,1-2H3. The quantitative estimate of drug-likeness (QED) is 0.652. The van der Waals surface area contributed by atoms with E-state index in [4.69, 9.17) is 0 Å². The molecule has 0 amide bonds. The van der Waals surface area contributed by atoms with Crippen molar-refractivity contribution < 1.29 is 8.42 Å². The van der Waals surface area contributed by atoms with Gasteiger partial charge in [0.05, 0.1) is 11.0 Å². The van der Waals surface area contributed by atoms with Crippen LogP contribution in [0.15, 0.2) is 0 Å². The van der Waals surface area contributed by atoms with Crippen LogP contribution in [0.3, 0.4) is 0 Å². The third-order valence-electron chi connectivity index (χ3n) is 2.23. The van der Waals surface area contributed by atoms with Crippen LogP contribution in [0.2, 0.25) is 0 Å². The summed E-state index contributed by atoms with van der Waals surface area (Å²) in [4.78, 5) is 0. The second kappa shape index (κ2) is 3.13. The molecule has 66 valence electrons. The van der Waals surface area contributed by atoms with Crippen molar-refractivity contribution in [1.82, 2.24) is 0 Å². The Hall–Kier alpha value is -0.0500. The Morgan fingerprint density at radius 2 is 1.91 bits per heavy atom. The predicted octanol–water partition coefficient (Wildman–Crippen LogP) is 1.61. The summed E-state index contributed by atoms with van der Waals surface area (Å²) in [5.74, 6) is 1.12. The summed E-state index contributed by atoms with van der Waals surface area (Å²) in [5, 5.41) is -0.193. The third-order valence-corrected chi connectivity index (χ3v) is 4.47. The molecule has 1 fully saturated rings. The van der Waals surface area contributed by atoms with Gasteiger partial charge in [-0.3, -0.25) is 0 Å². The van der Waals surface area contributed by atoms with E-state index in [0.29, 0.717) is 5.75 Å². The van der Waals surface area contributed by atoms with Crippen LogP contribution in [0.5, 0.6) is 0 Å². The van der Waals surface area contributed by atoms with Crippen molar-refractivity contribution in [1.29, 1.82) is 0 Å². The fraction of sp³-hybridized carbons (Fsp3) is 1.00. The Morgan fingerprint density at radius 3 is 2.27 bits per heavy atom. The zero-order chi connectivity index (χ0) is 8.48. The van der Waals surface area contributed by atoms with Crippen LogP contribution in [0, 0.1) is 5.92 Å². The summed E-state index contributed by atoms with van der Waals surface area (Å²) in [6.45, 7) is 3.50. The topological polar surface area (TPSA) is 34.1 Å². The lowest BCUT2D eigenvalue weighted by atomic mass is 10.3. The van der Waals surface area contributed by atoms with Crippen molar-refractivity contribution in [3.8, 4) is 0 Å². The summed E-state index contributed by atoms with van der Waals surface area (Å²) < 4.78 is 22.5. The molecule has 0 saturated heterocycles. The molecule has 0 heterocycles. The fourth-order valence-electron chi connectivity index (χ4n) is 0.973. The van der Waals surface area contributed by atoms with Crippen LogP contribution in [0.4, 0.5) is 0 Å². The molecule has 0 aromatic heterocycles. The monoisotopic (exact) mass is 176 g/mol. The van der Waals surface area contributed by atoms with Gasteiger partial charge in [-0.05, 0) is 26.2 Å². The van der Waals surface area contributed by atoms with Gasteiger partial charge in [0.2, 0.25) is 0 Å². The Morgan fingerprint density at radius 1 is 1.36 bits per heavy atom. The van der Waals surface area contributed by atoms with E-state index in [2.05, 4.69) is 0 Å². The van der Waals surface area contributed by atoms with Crippen molar-refractivity contribution >= 4 is 9.84 Å². The van der Waals surface area contributed by atoms with E-state index in [9.17, 15) is 8.42 Å². The molecule has 0 bridgehead atoms. The van der Waals surface area contributed by atoms with Crippen LogP contribution in [-0.4, -0.2) is 19.4 Å². The summed E-state index contributed by atoms with van der Waals surface area (Å²) >= 11 is 0. The molecule has 0 unspecified atom stereocenters. The highest BCUT2D eigenvalue weighted by molar-refractivity contribution is 7.91. The average molecular weight is 176 g/mol. The molecule has 0 N–H and O–H groups in total. The van der Waals surface area contributed by atoms with Crippen LogP contribution in [0.1, 0.15) is 33.1 Å². The molecule has 1 rings (SSSR count). The maximum atomic E-state index is 11.3. The van der Waals surface area contributed by atoms with E-state index in [1.54, 1.807) is 13.8 Å². The molecule has 2 nitrogen and oxygen atoms in total. The lowest BCUT2D eigenvalue weighted by Gasteiger charge is -2.05. The van der Waals surface area contributed by atoms with Gasteiger partial charge >= 0.3 is 0 Å². The van der Waals surface area contributed by atoms with Gasteiger partial charge in [-0.25, -0.2) is 8.42 Å². The smallest absolute Gasteiger partial charge is 0.152 e. The number of sulfone groups is 1. The molecule has 1 aliphatic rings. The molecule has 0 aromatic rings. The molecule has 0 radical (unpaired) electrons. The first-order valence-corrected chi connectivity index (χ1v) is 5.95. The molecule has 0 aromatic carbocycles. The molecule has 0 spiro atoms. The molecule has 11 heavy (non-hydrogen) atoms. The molecule has 0 atom stereocenters. The Balaban J connectivity index is 2.33. The van der Waals surface area contributed by atoms with Gasteiger partial charge < -0.3 is 0 Å². The highest BCUT2D eigenvalue weighted by atomic mass is 32.2. The SMILES string of the molecule is CC(C)S(=O)(=O)CCC1CC1. The van der Waals surface area contributed by atoms with E-state index in [1.165, 1.54) is 12.8 Å². The van der Waals surface area contributed by atoms with Crippen molar-refractivity contribution in [3.05, 3.63) is 0 Å². The third kappa shape index (κ3) is 2.81. The second-order valence-corrected chi connectivity index (χ2v) is 6.32. The first-order valence-electron chi connectivity index (χ1n) is 4.24. The summed E-state index contributed by atoms with van der Waals surface area (Å²) in [5.41, 5.74) is 0. The first kappa shape index (κ1) is 9.04. The minimum atomic E-state index is -2.75. The molecule has 1 saturated carbocycles. The zero-order valence-electron chi connectivity index (χ0n) is 7.21. The predicted molar refractivity (Wildman–Crippen MR) is 46.3 cm³/mol. The van der Waals surface area contributed by atoms with Crippen molar-refractivity contribution in [2.45, 2.75) is 38.4 Å². The largest absolute Gasteiger partial charge is 0.229 e. The summed E-state index contributed by atoms with van der Waals surface area (Å²) in [7, 11) is -2.75. The molecular weight excluding hydrogens is 160 g/mol. The van der Waals surface area contributed by atoms with Crippen molar-refractivity contribution in [2.24, 2.45) is 5.92 Å². The number of hydrogen-bond donors (Lipinski definition) is 0. The summed E-state index contributed by atoms with van der Waals surface area (Å²) in [6, 6.07) is 0. The van der Waals surface area contributed by atoms with E-state index in [1.807, 2.05) is 0 Å². The molecule has 3 heteroatoms. The number of rotatable bonds is 4. The molecule has 1 aliphatic carbocycles. The Kier molecular flexibility index (Phi) is 2.58. The van der Waals surface area contributed by atoms with Crippen molar-refractivity contribution in [3.63, 3.8) is 0 Å². The van der Waals surface area contributed by atoms with Gasteiger partial charge in [-0.15, -0.1) is 0 Å². The molecular formula is C8H16O2S. The second-order valence-electron chi connectivity index (χ2n) is 3.65. The van der Waals surface area contributed by atoms with E-state index < -0.39 is 9.84 Å².